The van der Waals surface area contributed by atoms with Crippen LogP contribution in [0.3, 0.4) is 0 Å². The van der Waals surface area contributed by atoms with Crippen LogP contribution in [0.15, 0.2) is 83.7 Å². The standard InChI is InChI=1S/C25H22N4O3/c1-17(30)19-10-7-11-20(14-19)27-23(31)16-29-22-13-6-5-12-21(22)24(28-25(29)32)26-15-18-8-3-2-4-9-18/h2-14H,15-16H2,1H3,(H,27,31)(H,26,28,32). The van der Waals surface area contributed by atoms with Crippen LogP contribution in [0.2, 0.25) is 0 Å². The van der Waals surface area contributed by atoms with Crippen LogP contribution in [0.4, 0.5) is 11.5 Å². The second-order valence-corrected chi connectivity index (χ2v) is 7.37. The third-order valence-corrected chi connectivity index (χ3v) is 5.05. The summed E-state index contributed by atoms with van der Waals surface area (Å²) in [5, 5.41) is 6.71. The van der Waals surface area contributed by atoms with Gasteiger partial charge in [0.2, 0.25) is 5.91 Å². The molecule has 0 saturated carbocycles. The van der Waals surface area contributed by atoms with Crippen LogP contribution in [0.25, 0.3) is 10.9 Å². The van der Waals surface area contributed by atoms with Crippen molar-refractivity contribution in [1.29, 1.82) is 0 Å². The van der Waals surface area contributed by atoms with E-state index in [1.165, 1.54) is 11.5 Å². The Morgan fingerprint density at radius 3 is 2.47 bits per heavy atom. The van der Waals surface area contributed by atoms with E-state index in [0.717, 1.165) is 10.9 Å². The lowest BCUT2D eigenvalue weighted by Crippen LogP contribution is -2.30. The smallest absolute Gasteiger partial charge is 0.350 e. The summed E-state index contributed by atoms with van der Waals surface area (Å²) in [6, 6.07) is 23.8. The molecule has 0 bridgehead atoms. The third-order valence-electron chi connectivity index (χ3n) is 5.05. The second-order valence-electron chi connectivity index (χ2n) is 7.37. The van der Waals surface area contributed by atoms with Crippen molar-refractivity contribution in [2.75, 3.05) is 10.6 Å². The van der Waals surface area contributed by atoms with E-state index in [2.05, 4.69) is 15.6 Å². The van der Waals surface area contributed by atoms with Gasteiger partial charge in [0.1, 0.15) is 12.4 Å². The van der Waals surface area contributed by atoms with Crippen molar-refractivity contribution >= 4 is 34.1 Å². The van der Waals surface area contributed by atoms with Gasteiger partial charge in [0, 0.05) is 23.2 Å². The van der Waals surface area contributed by atoms with Crippen LogP contribution in [-0.4, -0.2) is 21.2 Å². The summed E-state index contributed by atoms with van der Waals surface area (Å²) in [4.78, 5) is 41.2. The average molecular weight is 426 g/mol. The Morgan fingerprint density at radius 2 is 1.69 bits per heavy atom. The van der Waals surface area contributed by atoms with E-state index < -0.39 is 5.69 Å². The number of Topliss-reactive ketones (excluding diaryl/α,β-unsaturated/α-hetero) is 1. The lowest BCUT2D eigenvalue weighted by Gasteiger charge is -2.14. The van der Waals surface area contributed by atoms with Crippen LogP contribution in [-0.2, 0) is 17.9 Å². The van der Waals surface area contributed by atoms with Crippen LogP contribution in [0.5, 0.6) is 0 Å². The number of aromatic nitrogens is 2. The van der Waals surface area contributed by atoms with Gasteiger partial charge in [-0.1, -0.05) is 54.6 Å². The molecule has 0 atom stereocenters. The highest BCUT2D eigenvalue weighted by molar-refractivity contribution is 5.97. The number of benzene rings is 3. The van der Waals surface area contributed by atoms with Crippen LogP contribution in [0, 0.1) is 0 Å². The number of carbonyl (C=O) groups excluding carboxylic acids is 2. The molecule has 0 saturated heterocycles. The van der Waals surface area contributed by atoms with Gasteiger partial charge in [0.05, 0.1) is 5.52 Å². The number of ketones is 1. The first-order valence-corrected chi connectivity index (χ1v) is 10.2. The van der Waals surface area contributed by atoms with E-state index >= 15 is 0 Å². The van der Waals surface area contributed by atoms with E-state index in [9.17, 15) is 14.4 Å². The number of anilines is 2. The minimum Gasteiger partial charge on any atom is -0.365 e. The van der Waals surface area contributed by atoms with Gasteiger partial charge in [0.15, 0.2) is 5.78 Å². The molecule has 0 unspecified atom stereocenters. The van der Waals surface area contributed by atoms with Gasteiger partial charge in [-0.2, -0.15) is 4.98 Å². The predicted molar refractivity (Wildman–Crippen MR) is 125 cm³/mol. The highest BCUT2D eigenvalue weighted by atomic mass is 16.2. The molecule has 4 rings (SSSR count). The van der Waals surface area contributed by atoms with Gasteiger partial charge in [-0.3, -0.25) is 14.2 Å². The van der Waals surface area contributed by atoms with Gasteiger partial charge >= 0.3 is 5.69 Å². The number of carbonyl (C=O) groups is 2. The molecule has 1 aromatic heterocycles. The van der Waals surface area contributed by atoms with Crippen molar-refractivity contribution in [3.63, 3.8) is 0 Å². The Balaban J connectivity index is 1.58. The number of fused-ring (bicyclic) bond motifs is 1. The van der Waals surface area contributed by atoms with Crippen molar-refractivity contribution < 1.29 is 9.59 Å². The van der Waals surface area contributed by atoms with Crippen LogP contribution < -0.4 is 16.3 Å². The lowest BCUT2D eigenvalue weighted by atomic mass is 10.1. The fourth-order valence-corrected chi connectivity index (χ4v) is 3.46. The van der Waals surface area contributed by atoms with Crippen molar-refractivity contribution in [2.24, 2.45) is 0 Å². The Kier molecular flexibility index (Phi) is 6.07. The highest BCUT2D eigenvalue weighted by Gasteiger charge is 2.13. The zero-order valence-electron chi connectivity index (χ0n) is 17.5. The molecule has 32 heavy (non-hydrogen) atoms. The predicted octanol–water partition coefficient (Wildman–Crippen LogP) is 3.85. The fraction of sp³-hybridized carbons (Fsp3) is 0.120. The number of para-hydroxylation sites is 1. The molecule has 7 heteroatoms. The van der Waals surface area contributed by atoms with E-state index in [4.69, 9.17) is 0 Å². The quantitative estimate of drug-likeness (QED) is 0.438. The van der Waals surface area contributed by atoms with Crippen molar-refractivity contribution in [3.8, 4) is 0 Å². The maximum Gasteiger partial charge on any atom is 0.350 e. The Hall–Kier alpha value is -4.26. The SMILES string of the molecule is CC(=O)c1cccc(NC(=O)Cn2c(=O)nc(NCc3ccccc3)c3ccccc32)c1. The topological polar surface area (TPSA) is 93.1 Å². The zero-order valence-corrected chi connectivity index (χ0v) is 17.5. The second kappa shape index (κ2) is 9.26. The molecular weight excluding hydrogens is 404 g/mol. The summed E-state index contributed by atoms with van der Waals surface area (Å²) >= 11 is 0. The molecule has 160 valence electrons. The van der Waals surface area contributed by atoms with E-state index in [1.54, 1.807) is 30.3 Å². The van der Waals surface area contributed by atoms with Crippen molar-refractivity contribution in [3.05, 3.63) is 100 Å². The summed E-state index contributed by atoms with van der Waals surface area (Å²) < 4.78 is 1.34. The Morgan fingerprint density at radius 1 is 0.938 bits per heavy atom. The maximum absolute atomic E-state index is 12.8. The molecule has 0 radical (unpaired) electrons. The Labute approximate surface area is 184 Å². The monoisotopic (exact) mass is 426 g/mol. The van der Waals surface area contributed by atoms with E-state index in [0.29, 0.717) is 29.1 Å². The zero-order chi connectivity index (χ0) is 22.5. The first-order valence-electron chi connectivity index (χ1n) is 10.2. The van der Waals surface area contributed by atoms with Gasteiger partial charge < -0.3 is 10.6 Å². The number of rotatable bonds is 7. The molecule has 1 heterocycles. The summed E-state index contributed by atoms with van der Waals surface area (Å²) in [6.45, 7) is 1.79. The third kappa shape index (κ3) is 4.73. The number of hydrogen-bond acceptors (Lipinski definition) is 5. The Bertz CT molecular complexity index is 1350. The molecule has 0 fully saturated rings. The van der Waals surface area contributed by atoms with Crippen LogP contribution in [0.1, 0.15) is 22.8 Å². The molecule has 4 aromatic rings. The average Bonchev–Trinajstić information content (AvgIpc) is 2.80. The van der Waals surface area contributed by atoms with Gasteiger partial charge in [-0.15, -0.1) is 0 Å². The molecule has 3 aromatic carbocycles. The largest absolute Gasteiger partial charge is 0.365 e. The van der Waals surface area contributed by atoms with Gasteiger partial charge in [0.25, 0.3) is 0 Å². The van der Waals surface area contributed by atoms with Gasteiger partial charge in [-0.05, 0) is 36.8 Å². The summed E-state index contributed by atoms with van der Waals surface area (Å²) in [7, 11) is 0. The molecule has 0 aliphatic rings. The molecule has 0 aliphatic carbocycles. The first-order chi connectivity index (χ1) is 15.5. The van der Waals surface area contributed by atoms with E-state index in [1.807, 2.05) is 48.5 Å². The van der Waals surface area contributed by atoms with E-state index in [-0.39, 0.29) is 18.2 Å². The minimum absolute atomic E-state index is 0.0916. The van der Waals surface area contributed by atoms with Crippen LogP contribution >= 0.6 is 0 Å². The number of hydrogen-bond donors (Lipinski definition) is 2. The molecule has 2 N–H and O–H groups in total. The van der Waals surface area contributed by atoms with Crippen molar-refractivity contribution in [1.82, 2.24) is 9.55 Å². The molecule has 0 spiro atoms. The molecular formula is C25H22N4O3. The summed E-state index contributed by atoms with van der Waals surface area (Å²) in [5.74, 6) is -0.00359. The van der Waals surface area contributed by atoms with Crippen molar-refractivity contribution in [2.45, 2.75) is 20.0 Å². The first kappa shape index (κ1) is 21.0. The number of amides is 1. The lowest BCUT2D eigenvalue weighted by molar-refractivity contribution is -0.116. The summed E-state index contributed by atoms with van der Waals surface area (Å²) in [6.07, 6.45) is 0. The normalized spacial score (nSPS) is 10.7. The van der Waals surface area contributed by atoms with Gasteiger partial charge in [-0.25, -0.2) is 4.79 Å². The summed E-state index contributed by atoms with van der Waals surface area (Å²) in [5.41, 5.74) is 2.15. The fourth-order valence-electron chi connectivity index (χ4n) is 3.46. The number of nitrogens with zero attached hydrogens (tertiary/aromatic N) is 2. The minimum atomic E-state index is -0.521. The molecule has 0 aliphatic heterocycles. The molecule has 7 nitrogen and oxygen atoms in total. The highest BCUT2D eigenvalue weighted by Crippen LogP contribution is 2.20. The molecule has 1 amide bonds. The maximum atomic E-state index is 12.8. The number of nitrogens with one attached hydrogen (secondary N) is 2.